The number of nitrogens with zero attached hydrogens (tertiary/aromatic N) is 3. The van der Waals surface area contributed by atoms with Gasteiger partial charge >= 0.3 is 6.18 Å². The lowest BCUT2D eigenvalue weighted by atomic mass is 10.0. The van der Waals surface area contributed by atoms with Gasteiger partial charge < -0.3 is 5.11 Å². The number of amides is 1. The summed E-state index contributed by atoms with van der Waals surface area (Å²) >= 11 is 0. The van der Waals surface area contributed by atoms with Crippen molar-refractivity contribution < 1.29 is 23.1 Å². The average Bonchev–Trinajstić information content (AvgIpc) is 2.90. The number of aliphatic hydroxyl groups is 1. The van der Waals surface area contributed by atoms with Gasteiger partial charge in [-0.3, -0.25) is 9.78 Å². The van der Waals surface area contributed by atoms with E-state index in [9.17, 15) is 23.1 Å². The Kier molecular flexibility index (Phi) is 5.58. The minimum absolute atomic E-state index is 0.0591. The second-order valence-electron chi connectivity index (χ2n) is 5.83. The first-order chi connectivity index (χ1) is 11.3. The van der Waals surface area contributed by atoms with Crippen LogP contribution in [0.15, 0.2) is 29.6 Å². The van der Waals surface area contributed by atoms with Crippen molar-refractivity contribution in [1.82, 2.24) is 9.99 Å². The van der Waals surface area contributed by atoms with E-state index in [4.69, 9.17) is 0 Å². The quantitative estimate of drug-likeness (QED) is 0.804. The lowest BCUT2D eigenvalue weighted by Gasteiger charge is -2.32. The molecule has 1 aromatic heterocycles. The number of hydrazone groups is 1. The molecular formula is C16H20F3N3O2. The van der Waals surface area contributed by atoms with Crippen molar-refractivity contribution in [3.63, 3.8) is 0 Å². The summed E-state index contributed by atoms with van der Waals surface area (Å²) in [5.74, 6) is -1.02. The summed E-state index contributed by atoms with van der Waals surface area (Å²) in [6, 6.07) is 2.77. The molecule has 0 spiro atoms. The van der Waals surface area contributed by atoms with Gasteiger partial charge in [0.05, 0.1) is 5.56 Å². The number of hydrogen-bond donors (Lipinski definition) is 1. The number of alkyl halides is 3. The molecule has 1 aromatic rings. The predicted octanol–water partition coefficient (Wildman–Crippen LogP) is 3.50. The first kappa shape index (κ1) is 18.4. The smallest absolute Gasteiger partial charge is 0.362 e. The van der Waals surface area contributed by atoms with Gasteiger partial charge in [0.15, 0.2) is 0 Å². The number of carbonyl (C=O) groups is 1. The number of pyridine rings is 1. The van der Waals surface area contributed by atoms with Crippen LogP contribution in [0.2, 0.25) is 0 Å². The SMILES string of the molecule is CCCCCCC1=NN(C(=O)c2cccnc2)[C@@](O)(C(F)(F)F)C1. The molecule has 0 radical (unpaired) electrons. The molecule has 2 rings (SSSR count). The molecule has 0 fully saturated rings. The molecule has 0 aromatic carbocycles. The third-order valence-electron chi connectivity index (χ3n) is 3.92. The molecule has 1 amide bonds. The zero-order chi connectivity index (χ0) is 17.8. The van der Waals surface area contributed by atoms with Crippen molar-refractivity contribution in [2.24, 2.45) is 5.10 Å². The van der Waals surface area contributed by atoms with Gasteiger partial charge in [-0.1, -0.05) is 26.2 Å². The maximum atomic E-state index is 13.4. The van der Waals surface area contributed by atoms with Crippen LogP contribution in [0.4, 0.5) is 13.2 Å². The van der Waals surface area contributed by atoms with Crippen LogP contribution in [-0.4, -0.2) is 38.6 Å². The Labute approximate surface area is 138 Å². The van der Waals surface area contributed by atoms with Gasteiger partial charge in [-0.2, -0.15) is 23.3 Å². The van der Waals surface area contributed by atoms with Gasteiger partial charge in [0.25, 0.3) is 11.6 Å². The highest BCUT2D eigenvalue weighted by atomic mass is 19.4. The van der Waals surface area contributed by atoms with Crippen molar-refractivity contribution in [3.8, 4) is 0 Å². The third-order valence-corrected chi connectivity index (χ3v) is 3.92. The Morgan fingerprint density at radius 2 is 2.12 bits per heavy atom. The van der Waals surface area contributed by atoms with Gasteiger partial charge in [-0.05, 0) is 25.0 Å². The molecule has 1 aliphatic rings. The summed E-state index contributed by atoms with van der Waals surface area (Å²) in [7, 11) is 0. The number of carbonyl (C=O) groups excluding carboxylic acids is 1. The Hall–Kier alpha value is -1.96. The first-order valence-corrected chi connectivity index (χ1v) is 7.89. The summed E-state index contributed by atoms with van der Waals surface area (Å²) in [6.45, 7) is 2.03. The molecule has 132 valence electrons. The number of aromatic nitrogens is 1. The van der Waals surface area contributed by atoms with E-state index in [1.165, 1.54) is 18.3 Å². The Balaban J connectivity index is 2.22. The van der Waals surface area contributed by atoms with E-state index in [-0.39, 0.29) is 16.3 Å². The fourth-order valence-corrected chi connectivity index (χ4v) is 2.56. The molecule has 0 saturated carbocycles. The van der Waals surface area contributed by atoms with Crippen molar-refractivity contribution in [1.29, 1.82) is 0 Å². The van der Waals surface area contributed by atoms with Gasteiger partial charge in [-0.15, -0.1) is 0 Å². The molecule has 0 aliphatic carbocycles. The largest absolute Gasteiger partial charge is 0.438 e. The van der Waals surface area contributed by atoms with Crippen LogP contribution >= 0.6 is 0 Å². The van der Waals surface area contributed by atoms with E-state index in [0.717, 1.165) is 25.5 Å². The maximum absolute atomic E-state index is 13.4. The monoisotopic (exact) mass is 343 g/mol. The molecule has 2 heterocycles. The van der Waals surface area contributed by atoms with Gasteiger partial charge in [0.1, 0.15) is 0 Å². The Bertz CT molecular complexity index is 604. The zero-order valence-corrected chi connectivity index (χ0v) is 13.4. The summed E-state index contributed by atoms with van der Waals surface area (Å²) in [5.41, 5.74) is -3.18. The Morgan fingerprint density at radius 3 is 2.71 bits per heavy atom. The van der Waals surface area contributed by atoms with Crippen molar-refractivity contribution in [3.05, 3.63) is 30.1 Å². The average molecular weight is 343 g/mol. The highest BCUT2D eigenvalue weighted by Gasteiger charge is 2.63. The van der Waals surface area contributed by atoms with Crippen LogP contribution in [0.1, 0.15) is 55.8 Å². The second-order valence-corrected chi connectivity index (χ2v) is 5.83. The van der Waals surface area contributed by atoms with Crippen LogP contribution in [-0.2, 0) is 0 Å². The molecular weight excluding hydrogens is 323 g/mol. The lowest BCUT2D eigenvalue weighted by Crippen LogP contribution is -2.56. The third kappa shape index (κ3) is 3.75. The fourth-order valence-electron chi connectivity index (χ4n) is 2.56. The van der Waals surface area contributed by atoms with Crippen LogP contribution in [0.5, 0.6) is 0 Å². The number of rotatable bonds is 6. The maximum Gasteiger partial charge on any atom is 0.438 e. The summed E-state index contributed by atoms with van der Waals surface area (Å²) in [6.07, 6.45) is 0.697. The van der Waals surface area contributed by atoms with E-state index in [1.54, 1.807) is 0 Å². The molecule has 1 atom stereocenters. The standard InChI is InChI=1S/C16H20F3N3O2/c1-2-3-4-5-8-13-10-15(24,16(17,18)19)22(21-13)14(23)12-7-6-9-20-11-12/h6-7,9,11,24H,2-5,8,10H2,1H3/t15-/m0/s1. The summed E-state index contributed by atoms with van der Waals surface area (Å²) in [5, 5.41) is 14.1. The predicted molar refractivity (Wildman–Crippen MR) is 82.2 cm³/mol. The van der Waals surface area contributed by atoms with Crippen molar-refractivity contribution in [2.75, 3.05) is 0 Å². The van der Waals surface area contributed by atoms with Crippen LogP contribution < -0.4 is 0 Å². The molecule has 5 nitrogen and oxygen atoms in total. The molecule has 8 heteroatoms. The Morgan fingerprint density at radius 1 is 1.38 bits per heavy atom. The molecule has 1 aliphatic heterocycles. The normalized spacial score (nSPS) is 21.0. The highest BCUT2D eigenvalue weighted by Crippen LogP contribution is 2.41. The summed E-state index contributed by atoms with van der Waals surface area (Å²) < 4.78 is 40.1. The topological polar surface area (TPSA) is 65.8 Å². The van der Waals surface area contributed by atoms with Crippen LogP contribution in [0.3, 0.4) is 0 Å². The number of halogens is 3. The van der Waals surface area contributed by atoms with E-state index in [0.29, 0.717) is 12.8 Å². The number of unbranched alkanes of at least 4 members (excludes halogenated alkanes) is 3. The molecule has 0 bridgehead atoms. The van der Waals surface area contributed by atoms with Crippen LogP contribution in [0, 0.1) is 0 Å². The van der Waals surface area contributed by atoms with Gasteiger partial charge in [0.2, 0.25) is 0 Å². The van der Waals surface area contributed by atoms with E-state index >= 15 is 0 Å². The summed E-state index contributed by atoms with van der Waals surface area (Å²) in [4.78, 5) is 16.1. The highest BCUT2D eigenvalue weighted by molar-refractivity contribution is 5.98. The second kappa shape index (κ2) is 7.29. The van der Waals surface area contributed by atoms with Gasteiger partial charge in [-0.25, -0.2) is 0 Å². The van der Waals surface area contributed by atoms with E-state index in [1.807, 2.05) is 6.92 Å². The zero-order valence-electron chi connectivity index (χ0n) is 13.4. The van der Waals surface area contributed by atoms with E-state index in [2.05, 4.69) is 10.1 Å². The number of hydrogen-bond acceptors (Lipinski definition) is 4. The fraction of sp³-hybridized carbons (Fsp3) is 0.562. The van der Waals surface area contributed by atoms with Crippen LogP contribution in [0.25, 0.3) is 0 Å². The molecule has 1 N–H and O–H groups in total. The minimum atomic E-state index is -5.00. The van der Waals surface area contributed by atoms with E-state index < -0.39 is 24.2 Å². The minimum Gasteiger partial charge on any atom is -0.362 e. The van der Waals surface area contributed by atoms with Crippen molar-refractivity contribution >= 4 is 11.6 Å². The molecule has 24 heavy (non-hydrogen) atoms. The van der Waals surface area contributed by atoms with Gasteiger partial charge in [0, 0.05) is 24.5 Å². The molecule has 0 unspecified atom stereocenters. The van der Waals surface area contributed by atoms with Crippen molar-refractivity contribution in [2.45, 2.75) is 57.3 Å². The molecule has 0 saturated heterocycles. The first-order valence-electron chi connectivity index (χ1n) is 7.89. The lowest BCUT2D eigenvalue weighted by molar-refractivity contribution is -0.297.